The van der Waals surface area contributed by atoms with Gasteiger partial charge in [-0.05, 0) is 18.8 Å². The summed E-state index contributed by atoms with van der Waals surface area (Å²) in [6.07, 6.45) is 6.93. The minimum atomic E-state index is 0.106. The summed E-state index contributed by atoms with van der Waals surface area (Å²) in [5.74, 6) is 1.48. The summed E-state index contributed by atoms with van der Waals surface area (Å²) in [7, 11) is 0. The standard InChI is InChI=1S/C16H25N3O3/c1-2-15-17-4-6-18(15)5-3-16(21)19-7-8-22-14-10-12(11-20)9-13(14)19/h4,6,12-14,20H,2-3,5,7-11H2,1H3/t12-,13+,14?/m1/s1. The Balaban J connectivity index is 1.59. The maximum Gasteiger partial charge on any atom is 0.224 e. The number of ether oxygens (including phenoxy) is 1. The minimum Gasteiger partial charge on any atom is -0.396 e. The van der Waals surface area contributed by atoms with E-state index in [4.69, 9.17) is 4.74 Å². The van der Waals surface area contributed by atoms with Crippen molar-refractivity contribution < 1.29 is 14.6 Å². The number of rotatable bonds is 5. The molecule has 2 heterocycles. The number of aliphatic hydroxyl groups excluding tert-OH is 1. The minimum absolute atomic E-state index is 0.106. The first-order valence-corrected chi connectivity index (χ1v) is 8.24. The van der Waals surface area contributed by atoms with E-state index in [0.717, 1.165) is 25.1 Å². The predicted molar refractivity (Wildman–Crippen MR) is 81.3 cm³/mol. The molecule has 3 rings (SSSR count). The fourth-order valence-electron chi connectivity index (χ4n) is 3.73. The van der Waals surface area contributed by atoms with E-state index in [1.165, 1.54) is 0 Å². The second-order valence-corrected chi connectivity index (χ2v) is 6.22. The molecule has 1 unspecified atom stereocenters. The van der Waals surface area contributed by atoms with Crippen LogP contribution in [0.25, 0.3) is 0 Å². The van der Waals surface area contributed by atoms with Crippen molar-refractivity contribution in [3.8, 4) is 0 Å². The first kappa shape index (κ1) is 15.5. The van der Waals surface area contributed by atoms with Crippen LogP contribution in [0.5, 0.6) is 0 Å². The van der Waals surface area contributed by atoms with Gasteiger partial charge in [0.2, 0.25) is 5.91 Å². The molecule has 0 aromatic carbocycles. The number of fused-ring (bicyclic) bond motifs is 1. The summed E-state index contributed by atoms with van der Waals surface area (Å²) < 4.78 is 7.84. The molecule has 2 fully saturated rings. The molecule has 0 bridgehead atoms. The Bertz CT molecular complexity index is 516. The smallest absolute Gasteiger partial charge is 0.224 e. The molecule has 1 aromatic heterocycles. The number of hydrogen-bond donors (Lipinski definition) is 1. The number of hydrogen-bond acceptors (Lipinski definition) is 4. The van der Waals surface area contributed by atoms with Crippen molar-refractivity contribution in [1.82, 2.24) is 14.5 Å². The molecule has 2 aliphatic rings. The van der Waals surface area contributed by atoms with Gasteiger partial charge in [-0.15, -0.1) is 0 Å². The molecule has 1 aromatic rings. The van der Waals surface area contributed by atoms with Crippen LogP contribution in [0.1, 0.15) is 32.0 Å². The first-order chi connectivity index (χ1) is 10.7. The second-order valence-electron chi connectivity index (χ2n) is 6.22. The molecule has 1 N–H and O–H groups in total. The monoisotopic (exact) mass is 307 g/mol. The molecular weight excluding hydrogens is 282 g/mol. The van der Waals surface area contributed by atoms with Crippen LogP contribution in [-0.2, 0) is 22.5 Å². The molecule has 1 aliphatic carbocycles. The number of amides is 1. The number of aliphatic hydroxyl groups is 1. The average molecular weight is 307 g/mol. The lowest BCUT2D eigenvalue weighted by Gasteiger charge is -2.37. The van der Waals surface area contributed by atoms with Crippen molar-refractivity contribution in [3.05, 3.63) is 18.2 Å². The molecule has 0 spiro atoms. The summed E-state index contributed by atoms with van der Waals surface area (Å²) in [4.78, 5) is 18.9. The van der Waals surface area contributed by atoms with Gasteiger partial charge in [-0.25, -0.2) is 4.98 Å². The Morgan fingerprint density at radius 3 is 3.14 bits per heavy atom. The molecule has 1 saturated heterocycles. The molecular formula is C16H25N3O3. The summed E-state index contributed by atoms with van der Waals surface area (Å²) >= 11 is 0. The Hall–Kier alpha value is -1.40. The van der Waals surface area contributed by atoms with Gasteiger partial charge in [-0.3, -0.25) is 4.79 Å². The van der Waals surface area contributed by atoms with Crippen molar-refractivity contribution in [2.45, 2.75) is 51.3 Å². The zero-order valence-electron chi connectivity index (χ0n) is 13.1. The highest BCUT2D eigenvalue weighted by atomic mass is 16.5. The molecule has 0 radical (unpaired) electrons. The molecule has 6 nitrogen and oxygen atoms in total. The molecule has 1 saturated carbocycles. The summed E-state index contributed by atoms with van der Waals surface area (Å²) in [5, 5.41) is 9.35. The van der Waals surface area contributed by atoms with E-state index in [1.54, 1.807) is 6.20 Å². The zero-order chi connectivity index (χ0) is 15.5. The number of carbonyl (C=O) groups is 1. The second kappa shape index (κ2) is 6.79. The Kier molecular flexibility index (Phi) is 4.78. The molecule has 1 amide bonds. The zero-order valence-corrected chi connectivity index (χ0v) is 13.1. The fraction of sp³-hybridized carbons (Fsp3) is 0.750. The van der Waals surface area contributed by atoms with Crippen LogP contribution in [0, 0.1) is 5.92 Å². The quantitative estimate of drug-likeness (QED) is 0.875. The number of carbonyl (C=O) groups excluding carboxylic acids is 1. The number of nitrogens with zero attached hydrogens (tertiary/aromatic N) is 3. The van der Waals surface area contributed by atoms with Crippen LogP contribution >= 0.6 is 0 Å². The molecule has 1 aliphatic heterocycles. The van der Waals surface area contributed by atoms with Gasteiger partial charge in [0.25, 0.3) is 0 Å². The van der Waals surface area contributed by atoms with Gasteiger partial charge in [0, 0.05) is 44.9 Å². The maximum atomic E-state index is 12.6. The summed E-state index contributed by atoms with van der Waals surface area (Å²) in [6, 6.07) is 0.145. The normalized spacial score (nSPS) is 27.9. The number of imidazole rings is 1. The van der Waals surface area contributed by atoms with E-state index < -0.39 is 0 Å². The summed E-state index contributed by atoms with van der Waals surface area (Å²) in [5.41, 5.74) is 0. The number of aromatic nitrogens is 2. The molecule has 22 heavy (non-hydrogen) atoms. The van der Waals surface area contributed by atoms with Crippen LogP contribution in [0.3, 0.4) is 0 Å². The summed E-state index contributed by atoms with van der Waals surface area (Å²) in [6.45, 7) is 4.22. The average Bonchev–Trinajstić information content (AvgIpc) is 3.17. The van der Waals surface area contributed by atoms with E-state index in [2.05, 4.69) is 16.5 Å². The third-order valence-electron chi connectivity index (χ3n) is 4.90. The third-order valence-corrected chi connectivity index (χ3v) is 4.90. The van der Waals surface area contributed by atoms with Crippen LogP contribution in [0.2, 0.25) is 0 Å². The Morgan fingerprint density at radius 2 is 2.36 bits per heavy atom. The van der Waals surface area contributed by atoms with E-state index in [1.807, 2.05) is 11.1 Å². The lowest BCUT2D eigenvalue weighted by atomic mass is 10.1. The van der Waals surface area contributed by atoms with Crippen LogP contribution in [-0.4, -0.2) is 57.4 Å². The first-order valence-electron chi connectivity index (χ1n) is 8.24. The van der Waals surface area contributed by atoms with Gasteiger partial charge in [-0.1, -0.05) is 6.92 Å². The number of morpholine rings is 1. The maximum absolute atomic E-state index is 12.6. The van der Waals surface area contributed by atoms with Gasteiger partial charge in [-0.2, -0.15) is 0 Å². The Labute approximate surface area is 131 Å². The van der Waals surface area contributed by atoms with E-state index in [-0.39, 0.29) is 30.6 Å². The molecule has 122 valence electrons. The highest BCUT2D eigenvalue weighted by Gasteiger charge is 2.42. The highest BCUT2D eigenvalue weighted by Crippen LogP contribution is 2.34. The lowest BCUT2D eigenvalue weighted by Crippen LogP contribution is -2.51. The van der Waals surface area contributed by atoms with E-state index in [0.29, 0.717) is 26.1 Å². The van der Waals surface area contributed by atoms with Crippen molar-refractivity contribution >= 4 is 5.91 Å². The largest absolute Gasteiger partial charge is 0.396 e. The van der Waals surface area contributed by atoms with Gasteiger partial charge in [0.05, 0.1) is 18.8 Å². The van der Waals surface area contributed by atoms with Crippen LogP contribution < -0.4 is 0 Å². The fourth-order valence-corrected chi connectivity index (χ4v) is 3.73. The van der Waals surface area contributed by atoms with Crippen molar-refractivity contribution in [2.24, 2.45) is 5.92 Å². The highest BCUT2D eigenvalue weighted by molar-refractivity contribution is 5.76. The lowest BCUT2D eigenvalue weighted by molar-refractivity contribution is -0.144. The van der Waals surface area contributed by atoms with Crippen LogP contribution in [0.4, 0.5) is 0 Å². The van der Waals surface area contributed by atoms with Crippen molar-refractivity contribution in [2.75, 3.05) is 19.8 Å². The molecule has 6 heteroatoms. The number of aryl methyl sites for hydroxylation is 2. The SMILES string of the molecule is CCc1nccn1CCC(=O)N1CCOC2C[C@H](CO)C[C@@H]21. The van der Waals surface area contributed by atoms with Gasteiger partial charge >= 0.3 is 0 Å². The third kappa shape index (κ3) is 3.03. The van der Waals surface area contributed by atoms with Gasteiger partial charge < -0.3 is 19.3 Å². The topological polar surface area (TPSA) is 67.6 Å². The Morgan fingerprint density at radius 1 is 1.50 bits per heavy atom. The molecule has 3 atom stereocenters. The van der Waals surface area contributed by atoms with E-state index >= 15 is 0 Å². The van der Waals surface area contributed by atoms with Crippen molar-refractivity contribution in [3.63, 3.8) is 0 Å². The predicted octanol–water partition coefficient (Wildman–Crippen LogP) is 0.834. The van der Waals surface area contributed by atoms with Crippen molar-refractivity contribution in [1.29, 1.82) is 0 Å². The van der Waals surface area contributed by atoms with Crippen LogP contribution in [0.15, 0.2) is 12.4 Å². The van der Waals surface area contributed by atoms with Gasteiger partial charge in [0.15, 0.2) is 0 Å². The van der Waals surface area contributed by atoms with E-state index in [9.17, 15) is 9.90 Å². The van der Waals surface area contributed by atoms with Gasteiger partial charge in [0.1, 0.15) is 5.82 Å².